The second-order valence-corrected chi connectivity index (χ2v) is 10.1. The van der Waals surface area contributed by atoms with E-state index in [0.29, 0.717) is 43.2 Å². The van der Waals surface area contributed by atoms with Crippen molar-refractivity contribution in [2.45, 2.75) is 24.4 Å². The molecule has 0 atom stereocenters. The maximum absolute atomic E-state index is 12.5. The van der Waals surface area contributed by atoms with Crippen LogP contribution in [0.1, 0.15) is 17.0 Å². The predicted octanol–water partition coefficient (Wildman–Crippen LogP) is 7.80. The van der Waals surface area contributed by atoms with Crippen LogP contribution in [0.25, 0.3) is 5.69 Å². The summed E-state index contributed by atoms with van der Waals surface area (Å²) in [5.74, 6) is 1.16. The highest BCUT2D eigenvalue weighted by atomic mass is 35.5. The molecule has 2 amide bonds. The van der Waals surface area contributed by atoms with E-state index in [4.69, 9.17) is 46.4 Å². The molecule has 0 fully saturated rings. The summed E-state index contributed by atoms with van der Waals surface area (Å²) >= 11 is 26.4. The van der Waals surface area contributed by atoms with Crippen LogP contribution in [0.4, 0.5) is 10.5 Å². The second-order valence-electron chi connectivity index (χ2n) is 7.52. The second kappa shape index (κ2) is 11.5. The van der Waals surface area contributed by atoms with Gasteiger partial charge in [-0.15, -0.1) is 10.2 Å². The van der Waals surface area contributed by atoms with Crippen molar-refractivity contribution in [1.29, 1.82) is 0 Å². The number of nitrogens with one attached hydrogen (secondary N) is 2. The summed E-state index contributed by atoms with van der Waals surface area (Å²) in [5, 5.41) is 16.3. The van der Waals surface area contributed by atoms with Gasteiger partial charge in [-0.2, -0.15) is 0 Å². The van der Waals surface area contributed by atoms with Crippen molar-refractivity contribution < 1.29 is 4.79 Å². The van der Waals surface area contributed by atoms with Crippen LogP contribution in [-0.2, 0) is 12.3 Å². The fourth-order valence-electron chi connectivity index (χ4n) is 3.28. The summed E-state index contributed by atoms with van der Waals surface area (Å²) in [7, 11) is 0. The summed E-state index contributed by atoms with van der Waals surface area (Å²) in [5.41, 5.74) is 3.34. The van der Waals surface area contributed by atoms with E-state index in [2.05, 4.69) is 33.0 Å². The first kappa shape index (κ1) is 25.7. The molecule has 180 valence electrons. The lowest BCUT2D eigenvalue weighted by Gasteiger charge is -2.14. The van der Waals surface area contributed by atoms with Gasteiger partial charge in [-0.05, 0) is 42.8 Å². The number of benzene rings is 3. The molecule has 1 aromatic heterocycles. The molecule has 4 aromatic rings. The van der Waals surface area contributed by atoms with Gasteiger partial charge < -0.3 is 10.6 Å². The summed E-state index contributed by atoms with van der Waals surface area (Å²) in [6.07, 6.45) is 0. The molecule has 0 aliphatic carbocycles. The predicted molar refractivity (Wildman–Crippen MR) is 144 cm³/mol. The molecular formula is C24H19Cl4N5OS. The minimum absolute atomic E-state index is 0.0743. The van der Waals surface area contributed by atoms with Crippen molar-refractivity contribution in [3.63, 3.8) is 0 Å². The van der Waals surface area contributed by atoms with E-state index >= 15 is 0 Å². The zero-order valence-electron chi connectivity index (χ0n) is 18.4. The number of amides is 2. The van der Waals surface area contributed by atoms with Crippen LogP contribution in [-0.4, -0.2) is 20.8 Å². The normalized spacial score (nSPS) is 10.9. The third-order valence-corrected chi connectivity index (χ3v) is 7.28. The molecule has 0 aliphatic heterocycles. The number of rotatable bonds is 7. The van der Waals surface area contributed by atoms with Crippen molar-refractivity contribution in [1.82, 2.24) is 20.1 Å². The number of aromatic nitrogens is 3. The lowest BCUT2D eigenvalue weighted by Crippen LogP contribution is -2.29. The van der Waals surface area contributed by atoms with Gasteiger partial charge >= 0.3 is 6.03 Å². The largest absolute Gasteiger partial charge is 0.331 e. The van der Waals surface area contributed by atoms with E-state index in [-0.39, 0.29) is 11.6 Å². The Morgan fingerprint density at radius 2 is 1.77 bits per heavy atom. The number of carbonyl (C=O) groups excluding carboxylic acids is 1. The smallest absolute Gasteiger partial charge is 0.319 e. The minimum Gasteiger partial charge on any atom is -0.331 e. The Morgan fingerprint density at radius 1 is 0.971 bits per heavy atom. The Hall–Kier alpha value is -2.42. The number of thioether (sulfide) groups is 1. The van der Waals surface area contributed by atoms with Crippen LogP contribution < -0.4 is 10.6 Å². The zero-order valence-corrected chi connectivity index (χ0v) is 22.2. The number of carbonyl (C=O) groups is 1. The van der Waals surface area contributed by atoms with E-state index in [1.54, 1.807) is 41.0 Å². The Morgan fingerprint density at radius 3 is 2.57 bits per heavy atom. The van der Waals surface area contributed by atoms with Gasteiger partial charge in [0.1, 0.15) is 0 Å². The fraction of sp³-hybridized carbons (Fsp3) is 0.125. The summed E-state index contributed by atoms with van der Waals surface area (Å²) in [6.45, 7) is 2.12. The first-order valence-corrected chi connectivity index (χ1v) is 12.9. The quantitative estimate of drug-likeness (QED) is 0.224. The third-order valence-electron chi connectivity index (χ3n) is 4.91. The third kappa shape index (κ3) is 6.42. The molecule has 6 nitrogen and oxygen atoms in total. The van der Waals surface area contributed by atoms with Crippen LogP contribution in [0.15, 0.2) is 65.8 Å². The van der Waals surface area contributed by atoms with Crippen LogP contribution in [0.3, 0.4) is 0 Å². The highest BCUT2D eigenvalue weighted by Crippen LogP contribution is 2.31. The number of anilines is 1. The number of aryl methyl sites for hydroxylation is 1. The van der Waals surface area contributed by atoms with E-state index < -0.39 is 6.03 Å². The van der Waals surface area contributed by atoms with Gasteiger partial charge in [-0.25, -0.2) is 4.79 Å². The molecule has 0 spiro atoms. The highest BCUT2D eigenvalue weighted by molar-refractivity contribution is 7.98. The zero-order chi connectivity index (χ0) is 24.9. The van der Waals surface area contributed by atoms with Gasteiger partial charge in [0, 0.05) is 10.8 Å². The number of urea groups is 1. The molecule has 3 aromatic carbocycles. The van der Waals surface area contributed by atoms with Crippen molar-refractivity contribution in [2.75, 3.05) is 5.32 Å². The monoisotopic (exact) mass is 565 g/mol. The van der Waals surface area contributed by atoms with Crippen LogP contribution >= 0.6 is 58.2 Å². The van der Waals surface area contributed by atoms with Crippen LogP contribution in [0, 0.1) is 6.92 Å². The molecule has 0 bridgehead atoms. The van der Waals surface area contributed by atoms with Gasteiger partial charge in [0.05, 0.1) is 33.0 Å². The molecule has 0 saturated carbocycles. The van der Waals surface area contributed by atoms with Crippen molar-refractivity contribution >= 4 is 69.9 Å². The van der Waals surface area contributed by atoms with Crippen molar-refractivity contribution in [2.24, 2.45) is 0 Å². The van der Waals surface area contributed by atoms with Crippen molar-refractivity contribution in [3.05, 3.63) is 97.7 Å². The van der Waals surface area contributed by atoms with Crippen LogP contribution in [0.2, 0.25) is 20.1 Å². The molecule has 35 heavy (non-hydrogen) atoms. The SMILES string of the molecule is Cc1cccc(CSc2nnc(CNC(=O)Nc3cccc(Cl)c3Cl)n2-c2cc(Cl)ccc2Cl)c1. The lowest BCUT2D eigenvalue weighted by atomic mass is 10.2. The van der Waals surface area contributed by atoms with Gasteiger partial charge in [-0.1, -0.05) is 94.1 Å². The van der Waals surface area contributed by atoms with E-state index in [1.807, 2.05) is 19.1 Å². The highest BCUT2D eigenvalue weighted by Gasteiger charge is 2.18. The summed E-state index contributed by atoms with van der Waals surface area (Å²) in [4.78, 5) is 12.5. The molecule has 11 heteroatoms. The minimum atomic E-state index is -0.477. The Kier molecular flexibility index (Phi) is 8.46. The topological polar surface area (TPSA) is 71.8 Å². The number of hydrogen-bond donors (Lipinski definition) is 2. The molecule has 0 saturated heterocycles. The summed E-state index contributed by atoms with van der Waals surface area (Å²) < 4.78 is 1.79. The van der Waals surface area contributed by atoms with Crippen molar-refractivity contribution in [3.8, 4) is 5.69 Å². The molecule has 4 rings (SSSR count). The first-order valence-electron chi connectivity index (χ1n) is 10.4. The average molecular weight is 567 g/mol. The molecular weight excluding hydrogens is 548 g/mol. The maximum Gasteiger partial charge on any atom is 0.319 e. The molecule has 0 unspecified atom stereocenters. The van der Waals surface area contributed by atoms with Gasteiger partial charge in [0.25, 0.3) is 0 Å². The van der Waals surface area contributed by atoms with Crippen LogP contribution in [0.5, 0.6) is 0 Å². The lowest BCUT2D eigenvalue weighted by molar-refractivity contribution is 0.251. The number of nitrogens with zero attached hydrogens (tertiary/aromatic N) is 3. The maximum atomic E-state index is 12.5. The molecule has 0 aliphatic rings. The molecule has 1 heterocycles. The average Bonchev–Trinajstić information content (AvgIpc) is 3.23. The summed E-state index contributed by atoms with van der Waals surface area (Å²) in [6, 6.07) is 17.9. The van der Waals surface area contributed by atoms with E-state index in [9.17, 15) is 4.79 Å². The van der Waals surface area contributed by atoms with E-state index in [0.717, 1.165) is 5.56 Å². The van der Waals surface area contributed by atoms with Gasteiger partial charge in [0.15, 0.2) is 11.0 Å². The number of hydrogen-bond acceptors (Lipinski definition) is 4. The Bertz CT molecular complexity index is 1380. The first-order chi connectivity index (χ1) is 16.8. The standard InChI is InChI=1S/C24H19Cl4N5OS/c1-14-4-2-5-15(10-14)13-35-24-32-31-21(33(24)20-11-16(25)8-9-17(20)26)12-29-23(34)30-19-7-3-6-18(27)22(19)28/h2-11H,12-13H2,1H3,(H2,29,30,34). The Labute approximate surface area is 226 Å². The van der Waals surface area contributed by atoms with E-state index in [1.165, 1.54) is 17.3 Å². The Balaban J connectivity index is 1.57. The number of halogens is 4. The fourth-order valence-corrected chi connectivity index (χ4v) is 4.91. The van der Waals surface area contributed by atoms with Gasteiger partial charge in [-0.3, -0.25) is 4.57 Å². The van der Waals surface area contributed by atoms with Gasteiger partial charge in [0.2, 0.25) is 0 Å². The molecule has 0 radical (unpaired) electrons. The molecule has 2 N–H and O–H groups in total.